The van der Waals surface area contributed by atoms with Gasteiger partial charge in [0.2, 0.25) is 0 Å². The van der Waals surface area contributed by atoms with Gasteiger partial charge in [-0.3, -0.25) is 9.48 Å². The minimum atomic E-state index is -0.115. The lowest BCUT2D eigenvalue weighted by molar-refractivity contribution is 0.102. The molecule has 3 aromatic heterocycles. The van der Waals surface area contributed by atoms with E-state index in [1.807, 2.05) is 68.0 Å². The highest BCUT2D eigenvalue weighted by atomic mass is 16.3. The van der Waals surface area contributed by atoms with Gasteiger partial charge in [-0.05, 0) is 57.2 Å². The Morgan fingerprint density at radius 1 is 1.22 bits per heavy atom. The van der Waals surface area contributed by atoms with Gasteiger partial charge >= 0.3 is 0 Å². The van der Waals surface area contributed by atoms with Crippen LogP contribution in [0.25, 0.3) is 10.9 Å². The van der Waals surface area contributed by atoms with Gasteiger partial charge in [0.05, 0.1) is 30.1 Å². The quantitative estimate of drug-likeness (QED) is 0.573. The van der Waals surface area contributed by atoms with Crippen molar-refractivity contribution in [2.24, 2.45) is 0 Å². The highest BCUT2D eigenvalue weighted by Crippen LogP contribution is 2.22. The second kappa shape index (κ2) is 6.79. The molecule has 4 aromatic rings. The number of amides is 1. The highest BCUT2D eigenvalue weighted by molar-refractivity contribution is 6.06. The van der Waals surface area contributed by atoms with Gasteiger partial charge in [-0.15, -0.1) is 0 Å². The summed E-state index contributed by atoms with van der Waals surface area (Å²) in [6.45, 7) is 7.40. The molecule has 0 aliphatic carbocycles. The van der Waals surface area contributed by atoms with Gasteiger partial charge in [0, 0.05) is 29.0 Å². The van der Waals surface area contributed by atoms with Gasteiger partial charge in [0.1, 0.15) is 5.76 Å². The predicted molar refractivity (Wildman–Crippen MR) is 105 cm³/mol. The number of rotatable bonds is 5. The molecule has 0 atom stereocenters. The number of anilines is 1. The van der Waals surface area contributed by atoms with Gasteiger partial charge in [-0.2, -0.15) is 5.10 Å². The summed E-state index contributed by atoms with van der Waals surface area (Å²) in [6, 6.07) is 11.6. The molecule has 0 fully saturated rings. The fourth-order valence-electron chi connectivity index (χ4n) is 3.43. The maximum Gasteiger partial charge on any atom is 0.257 e. The van der Waals surface area contributed by atoms with Crippen LogP contribution in [-0.2, 0) is 13.1 Å². The van der Waals surface area contributed by atoms with Crippen molar-refractivity contribution in [1.29, 1.82) is 0 Å². The van der Waals surface area contributed by atoms with E-state index in [4.69, 9.17) is 4.42 Å². The molecule has 0 aliphatic heterocycles. The minimum Gasteiger partial charge on any atom is -0.467 e. The van der Waals surface area contributed by atoms with Crippen LogP contribution >= 0.6 is 0 Å². The fourth-order valence-corrected chi connectivity index (χ4v) is 3.43. The summed E-state index contributed by atoms with van der Waals surface area (Å²) in [6.07, 6.45) is 3.50. The SMILES string of the molecule is CCn1ncc2ccc(NC(=O)c3cc(C)n(Cc4ccco4)c3C)cc21. The summed E-state index contributed by atoms with van der Waals surface area (Å²) in [5, 5.41) is 8.42. The Morgan fingerprint density at radius 2 is 2.07 bits per heavy atom. The van der Waals surface area contributed by atoms with Crippen LogP contribution in [0.1, 0.15) is 34.4 Å². The third-order valence-corrected chi connectivity index (χ3v) is 4.91. The van der Waals surface area contributed by atoms with E-state index in [1.165, 1.54) is 0 Å². The van der Waals surface area contributed by atoms with Gasteiger partial charge in [-0.1, -0.05) is 0 Å². The van der Waals surface area contributed by atoms with Crippen LogP contribution in [0, 0.1) is 13.8 Å². The van der Waals surface area contributed by atoms with E-state index < -0.39 is 0 Å². The Morgan fingerprint density at radius 3 is 2.81 bits per heavy atom. The van der Waals surface area contributed by atoms with Crippen LogP contribution < -0.4 is 5.32 Å². The second-order valence-electron chi connectivity index (χ2n) is 6.64. The average molecular weight is 362 g/mol. The monoisotopic (exact) mass is 362 g/mol. The summed E-state index contributed by atoms with van der Waals surface area (Å²) in [4.78, 5) is 12.9. The summed E-state index contributed by atoms with van der Waals surface area (Å²) in [5.41, 5.74) is 4.38. The van der Waals surface area contributed by atoms with Crippen molar-refractivity contribution < 1.29 is 9.21 Å². The Bertz CT molecular complexity index is 1100. The van der Waals surface area contributed by atoms with E-state index in [9.17, 15) is 4.79 Å². The zero-order chi connectivity index (χ0) is 19.0. The first-order valence-corrected chi connectivity index (χ1v) is 9.03. The normalized spacial score (nSPS) is 11.2. The summed E-state index contributed by atoms with van der Waals surface area (Å²) in [7, 11) is 0. The Kier molecular flexibility index (Phi) is 4.32. The number of benzene rings is 1. The number of aryl methyl sites for hydroxylation is 2. The molecule has 6 nitrogen and oxygen atoms in total. The molecular formula is C21H22N4O2. The number of nitrogens with one attached hydrogen (secondary N) is 1. The van der Waals surface area contributed by atoms with Gasteiger partial charge in [0.15, 0.2) is 0 Å². The zero-order valence-electron chi connectivity index (χ0n) is 15.7. The molecule has 0 saturated carbocycles. The van der Waals surface area contributed by atoms with Crippen molar-refractivity contribution in [2.75, 3.05) is 5.32 Å². The summed E-state index contributed by atoms with van der Waals surface area (Å²) in [5.74, 6) is 0.748. The first-order chi connectivity index (χ1) is 13.1. The number of carbonyl (C=O) groups is 1. The van der Waals surface area contributed by atoms with E-state index in [2.05, 4.69) is 15.0 Å². The van der Waals surface area contributed by atoms with Crippen molar-refractivity contribution in [3.63, 3.8) is 0 Å². The van der Waals surface area contributed by atoms with Crippen molar-refractivity contribution in [3.05, 3.63) is 71.6 Å². The van der Waals surface area contributed by atoms with E-state index in [-0.39, 0.29) is 5.91 Å². The van der Waals surface area contributed by atoms with Crippen LogP contribution in [-0.4, -0.2) is 20.3 Å². The van der Waals surface area contributed by atoms with Crippen LogP contribution in [0.2, 0.25) is 0 Å². The first kappa shape index (κ1) is 17.1. The highest BCUT2D eigenvalue weighted by Gasteiger charge is 2.17. The summed E-state index contributed by atoms with van der Waals surface area (Å²) >= 11 is 0. The zero-order valence-corrected chi connectivity index (χ0v) is 15.7. The summed E-state index contributed by atoms with van der Waals surface area (Å²) < 4.78 is 9.44. The van der Waals surface area contributed by atoms with E-state index in [1.54, 1.807) is 6.26 Å². The number of furan rings is 1. The number of aromatic nitrogens is 3. The third kappa shape index (κ3) is 3.14. The van der Waals surface area contributed by atoms with Gasteiger partial charge < -0.3 is 14.3 Å². The van der Waals surface area contributed by atoms with Gasteiger partial charge in [-0.25, -0.2) is 0 Å². The number of carbonyl (C=O) groups excluding carboxylic acids is 1. The Labute approximate surface area is 157 Å². The topological polar surface area (TPSA) is 65.0 Å². The average Bonchev–Trinajstić information content (AvgIpc) is 3.37. The van der Waals surface area contributed by atoms with Crippen LogP contribution in [0.3, 0.4) is 0 Å². The molecule has 0 bridgehead atoms. The molecule has 4 rings (SSSR count). The van der Waals surface area contributed by atoms with Crippen LogP contribution in [0.5, 0.6) is 0 Å². The lowest BCUT2D eigenvalue weighted by Gasteiger charge is -2.09. The number of nitrogens with zero attached hydrogens (tertiary/aromatic N) is 3. The molecule has 3 heterocycles. The minimum absolute atomic E-state index is 0.115. The molecule has 1 N–H and O–H groups in total. The molecule has 1 aromatic carbocycles. The first-order valence-electron chi connectivity index (χ1n) is 9.03. The smallest absolute Gasteiger partial charge is 0.257 e. The molecule has 0 unspecified atom stereocenters. The predicted octanol–water partition coefficient (Wildman–Crippen LogP) is 4.37. The van der Waals surface area contributed by atoms with Crippen molar-refractivity contribution in [2.45, 2.75) is 33.9 Å². The number of hydrogen-bond acceptors (Lipinski definition) is 3. The molecule has 138 valence electrons. The molecule has 1 amide bonds. The largest absolute Gasteiger partial charge is 0.467 e. The molecule has 0 spiro atoms. The van der Waals surface area contributed by atoms with E-state index in [0.29, 0.717) is 12.1 Å². The standard InChI is InChI=1S/C21H22N4O2/c1-4-25-20-11-17(8-7-16(20)12-22-25)23-21(26)19-10-14(2)24(15(19)3)13-18-6-5-9-27-18/h5-12H,4,13H2,1-3H3,(H,23,26). The number of hydrogen-bond donors (Lipinski definition) is 1. The van der Waals surface area contributed by atoms with Crippen molar-refractivity contribution in [3.8, 4) is 0 Å². The Balaban J connectivity index is 1.60. The molecule has 27 heavy (non-hydrogen) atoms. The Hall–Kier alpha value is -3.28. The van der Waals surface area contributed by atoms with Crippen LogP contribution in [0.15, 0.2) is 53.3 Å². The molecule has 0 radical (unpaired) electrons. The van der Waals surface area contributed by atoms with E-state index in [0.717, 1.165) is 40.3 Å². The van der Waals surface area contributed by atoms with E-state index >= 15 is 0 Å². The molecule has 0 saturated heterocycles. The van der Waals surface area contributed by atoms with Gasteiger partial charge in [0.25, 0.3) is 5.91 Å². The molecule has 0 aliphatic rings. The lowest BCUT2D eigenvalue weighted by atomic mass is 10.2. The number of fused-ring (bicyclic) bond motifs is 1. The maximum absolute atomic E-state index is 12.9. The lowest BCUT2D eigenvalue weighted by Crippen LogP contribution is -2.13. The second-order valence-corrected chi connectivity index (χ2v) is 6.64. The molecular weight excluding hydrogens is 340 g/mol. The fraction of sp³-hybridized carbons (Fsp3) is 0.238. The molecule has 6 heteroatoms. The maximum atomic E-state index is 12.9. The van der Waals surface area contributed by atoms with Crippen molar-refractivity contribution >= 4 is 22.5 Å². The third-order valence-electron chi connectivity index (χ3n) is 4.91. The van der Waals surface area contributed by atoms with Crippen LogP contribution in [0.4, 0.5) is 5.69 Å². The van der Waals surface area contributed by atoms with Crippen molar-refractivity contribution in [1.82, 2.24) is 14.3 Å².